The van der Waals surface area contributed by atoms with Gasteiger partial charge >= 0.3 is 5.97 Å². The molecule has 1 unspecified atom stereocenters. The fourth-order valence-corrected chi connectivity index (χ4v) is 2.64. The fourth-order valence-electron chi connectivity index (χ4n) is 2.64. The molecule has 0 amide bonds. The van der Waals surface area contributed by atoms with E-state index in [1.807, 2.05) is 0 Å². The van der Waals surface area contributed by atoms with Crippen LogP contribution >= 0.6 is 0 Å². The van der Waals surface area contributed by atoms with Gasteiger partial charge in [-0.05, 0) is 12.8 Å². The van der Waals surface area contributed by atoms with Gasteiger partial charge < -0.3 is 9.30 Å². The second kappa shape index (κ2) is 5.82. The van der Waals surface area contributed by atoms with Gasteiger partial charge in [-0.1, -0.05) is 0 Å². The number of aromatic nitrogens is 2. The summed E-state index contributed by atoms with van der Waals surface area (Å²) in [7, 11) is 0. The van der Waals surface area contributed by atoms with Crippen molar-refractivity contribution in [2.45, 2.75) is 38.3 Å². The van der Waals surface area contributed by atoms with Gasteiger partial charge in [-0.3, -0.25) is 9.59 Å². The molecule has 2 aromatic rings. The second-order valence-electron chi connectivity index (χ2n) is 5.30. The molecule has 1 saturated heterocycles. The van der Waals surface area contributed by atoms with Gasteiger partial charge in [0.05, 0.1) is 17.2 Å². The molecule has 0 spiro atoms. The van der Waals surface area contributed by atoms with E-state index < -0.39 is 17.2 Å². The quantitative estimate of drug-likeness (QED) is 0.815. The predicted octanol–water partition coefficient (Wildman–Crippen LogP) is 2.16. The molecular weight excluding hydrogens is 294 g/mol. The van der Waals surface area contributed by atoms with Crippen LogP contribution in [0.5, 0.6) is 0 Å². The minimum atomic E-state index is -1.03. The lowest BCUT2D eigenvalue weighted by Gasteiger charge is -2.22. The number of halogens is 2. The van der Waals surface area contributed by atoms with Gasteiger partial charge in [0.1, 0.15) is 6.10 Å². The first-order chi connectivity index (χ1) is 10.5. The molecule has 5 nitrogen and oxygen atoms in total. The Morgan fingerprint density at radius 3 is 2.82 bits per heavy atom. The van der Waals surface area contributed by atoms with Crippen LogP contribution in [0.25, 0.3) is 11.0 Å². The molecule has 1 aliphatic heterocycles. The van der Waals surface area contributed by atoms with Crippen LogP contribution < -0.4 is 5.56 Å². The van der Waals surface area contributed by atoms with Gasteiger partial charge in [0, 0.05) is 31.5 Å². The highest BCUT2D eigenvalue weighted by Crippen LogP contribution is 2.19. The molecule has 0 radical (unpaired) electrons. The molecule has 0 saturated carbocycles. The topological polar surface area (TPSA) is 61.2 Å². The molecule has 0 aliphatic carbocycles. The van der Waals surface area contributed by atoms with E-state index in [2.05, 4.69) is 4.98 Å². The molecule has 1 aromatic heterocycles. The molecule has 1 aliphatic rings. The van der Waals surface area contributed by atoms with Crippen molar-refractivity contribution in [3.63, 3.8) is 0 Å². The summed E-state index contributed by atoms with van der Waals surface area (Å²) < 4.78 is 33.2. The summed E-state index contributed by atoms with van der Waals surface area (Å²) in [5.74, 6) is -2.28. The standard InChI is InChI=1S/C15H14F2N2O3/c16-10-6-12-13(7-11(10)17)19(14(20)8-18-12)5-4-9-2-1-3-15(21)22-9/h6-9H,1-5H2. The Bertz CT molecular complexity index is 788. The Balaban J connectivity index is 1.89. The minimum absolute atomic E-state index is 0.208. The highest BCUT2D eigenvalue weighted by atomic mass is 19.2. The number of rotatable bonds is 3. The number of ether oxygens (including phenoxy) is 1. The van der Waals surface area contributed by atoms with E-state index in [-0.39, 0.29) is 29.7 Å². The number of hydrogen-bond donors (Lipinski definition) is 0. The van der Waals surface area contributed by atoms with Crippen molar-refractivity contribution in [3.8, 4) is 0 Å². The smallest absolute Gasteiger partial charge is 0.306 e. The van der Waals surface area contributed by atoms with E-state index in [0.29, 0.717) is 12.8 Å². The second-order valence-corrected chi connectivity index (χ2v) is 5.30. The molecule has 1 aromatic carbocycles. The van der Waals surface area contributed by atoms with Gasteiger partial charge in [-0.15, -0.1) is 0 Å². The lowest BCUT2D eigenvalue weighted by molar-refractivity contribution is -0.154. The monoisotopic (exact) mass is 308 g/mol. The molecule has 0 N–H and O–H groups in total. The third-order valence-corrected chi connectivity index (χ3v) is 3.77. The predicted molar refractivity (Wildman–Crippen MR) is 74.3 cm³/mol. The average Bonchev–Trinajstić information content (AvgIpc) is 2.48. The summed E-state index contributed by atoms with van der Waals surface area (Å²) in [6, 6.07) is 1.92. The van der Waals surface area contributed by atoms with Crippen LogP contribution in [-0.2, 0) is 16.1 Å². The molecule has 116 valence electrons. The third kappa shape index (κ3) is 2.84. The van der Waals surface area contributed by atoms with E-state index >= 15 is 0 Å². The van der Waals surface area contributed by atoms with Crippen molar-refractivity contribution in [1.29, 1.82) is 0 Å². The number of nitrogens with zero attached hydrogens (tertiary/aromatic N) is 2. The Labute approximate surface area is 124 Å². The van der Waals surface area contributed by atoms with Crippen LogP contribution in [0.1, 0.15) is 25.7 Å². The third-order valence-electron chi connectivity index (χ3n) is 3.77. The van der Waals surface area contributed by atoms with Gasteiger partial charge in [-0.25, -0.2) is 13.8 Å². The van der Waals surface area contributed by atoms with Crippen molar-refractivity contribution in [1.82, 2.24) is 9.55 Å². The first-order valence-corrected chi connectivity index (χ1v) is 7.08. The first kappa shape index (κ1) is 14.6. The van der Waals surface area contributed by atoms with E-state index in [1.165, 1.54) is 4.57 Å². The van der Waals surface area contributed by atoms with Crippen LogP contribution in [0, 0.1) is 11.6 Å². The van der Waals surface area contributed by atoms with Gasteiger partial charge in [0.15, 0.2) is 11.6 Å². The number of hydrogen-bond acceptors (Lipinski definition) is 4. The molecule has 22 heavy (non-hydrogen) atoms. The number of fused-ring (bicyclic) bond motifs is 1. The fraction of sp³-hybridized carbons (Fsp3) is 0.400. The van der Waals surface area contributed by atoms with Crippen molar-refractivity contribution in [3.05, 3.63) is 40.3 Å². The molecule has 1 atom stereocenters. The lowest BCUT2D eigenvalue weighted by atomic mass is 10.1. The zero-order valence-electron chi connectivity index (χ0n) is 11.7. The van der Waals surface area contributed by atoms with Crippen molar-refractivity contribution >= 4 is 17.0 Å². The maximum atomic E-state index is 13.4. The Morgan fingerprint density at radius 1 is 1.27 bits per heavy atom. The Morgan fingerprint density at radius 2 is 2.05 bits per heavy atom. The van der Waals surface area contributed by atoms with Crippen LogP contribution in [0.15, 0.2) is 23.1 Å². The number of benzene rings is 1. The zero-order valence-corrected chi connectivity index (χ0v) is 11.7. The number of cyclic esters (lactones) is 1. The molecule has 1 fully saturated rings. The molecule has 0 bridgehead atoms. The van der Waals surface area contributed by atoms with Crippen LogP contribution in [-0.4, -0.2) is 21.6 Å². The molecular formula is C15H14F2N2O3. The summed E-state index contributed by atoms with van der Waals surface area (Å²) in [6.45, 7) is 0.251. The zero-order chi connectivity index (χ0) is 15.7. The van der Waals surface area contributed by atoms with Crippen molar-refractivity contribution < 1.29 is 18.3 Å². The van der Waals surface area contributed by atoms with E-state index in [0.717, 1.165) is 31.2 Å². The van der Waals surface area contributed by atoms with Crippen LogP contribution in [0.2, 0.25) is 0 Å². The minimum Gasteiger partial charge on any atom is -0.462 e. The number of carbonyl (C=O) groups excluding carboxylic acids is 1. The van der Waals surface area contributed by atoms with E-state index in [9.17, 15) is 18.4 Å². The summed E-state index contributed by atoms with van der Waals surface area (Å²) in [5.41, 5.74) is 0.0355. The molecule has 7 heteroatoms. The largest absolute Gasteiger partial charge is 0.462 e. The summed E-state index contributed by atoms with van der Waals surface area (Å²) in [5, 5.41) is 0. The Kier molecular flexibility index (Phi) is 3.87. The van der Waals surface area contributed by atoms with E-state index in [4.69, 9.17) is 4.74 Å². The number of aryl methyl sites for hydroxylation is 1. The summed E-state index contributed by atoms with van der Waals surface area (Å²) in [6.07, 6.45) is 3.19. The normalized spacial score (nSPS) is 18.5. The molecule has 3 rings (SSSR count). The van der Waals surface area contributed by atoms with Crippen LogP contribution in [0.4, 0.5) is 8.78 Å². The van der Waals surface area contributed by atoms with Crippen LogP contribution in [0.3, 0.4) is 0 Å². The number of carbonyl (C=O) groups is 1. The summed E-state index contributed by atoms with van der Waals surface area (Å²) in [4.78, 5) is 27.0. The first-order valence-electron chi connectivity index (χ1n) is 7.08. The van der Waals surface area contributed by atoms with Crippen molar-refractivity contribution in [2.75, 3.05) is 0 Å². The maximum absolute atomic E-state index is 13.4. The lowest BCUT2D eigenvalue weighted by Crippen LogP contribution is -2.28. The van der Waals surface area contributed by atoms with Crippen molar-refractivity contribution in [2.24, 2.45) is 0 Å². The maximum Gasteiger partial charge on any atom is 0.306 e. The highest BCUT2D eigenvalue weighted by molar-refractivity contribution is 5.74. The molecule has 2 heterocycles. The van der Waals surface area contributed by atoms with Gasteiger partial charge in [-0.2, -0.15) is 0 Å². The Hall–Kier alpha value is -2.31. The SMILES string of the molecule is O=C1CCCC(CCn2c(=O)cnc3cc(F)c(F)cc32)O1. The summed E-state index contributed by atoms with van der Waals surface area (Å²) >= 11 is 0. The average molecular weight is 308 g/mol. The highest BCUT2D eigenvalue weighted by Gasteiger charge is 2.20. The number of esters is 1. The van der Waals surface area contributed by atoms with Gasteiger partial charge in [0.25, 0.3) is 5.56 Å². The van der Waals surface area contributed by atoms with E-state index in [1.54, 1.807) is 0 Å². The van der Waals surface area contributed by atoms with Gasteiger partial charge in [0.2, 0.25) is 0 Å².